The van der Waals surface area contributed by atoms with Gasteiger partial charge in [-0.2, -0.15) is 0 Å². The van der Waals surface area contributed by atoms with Gasteiger partial charge in [0.25, 0.3) is 5.91 Å². The first-order valence-corrected chi connectivity index (χ1v) is 9.84. The SMILES string of the molecule is CC(C)(C(=NC(=O)/C=C/c1ccccc1)c1ccccc1)[NH+]1CCCCC1.[Cl-]. The van der Waals surface area contributed by atoms with E-state index in [1.807, 2.05) is 54.6 Å². The Morgan fingerprint density at radius 3 is 2.11 bits per heavy atom. The third kappa shape index (κ3) is 5.63. The lowest BCUT2D eigenvalue weighted by atomic mass is 9.88. The van der Waals surface area contributed by atoms with E-state index in [-0.39, 0.29) is 23.9 Å². The summed E-state index contributed by atoms with van der Waals surface area (Å²) in [7, 11) is 0. The van der Waals surface area contributed by atoms with E-state index in [1.54, 1.807) is 6.08 Å². The van der Waals surface area contributed by atoms with E-state index in [2.05, 4.69) is 31.0 Å². The molecule has 0 aliphatic carbocycles. The fourth-order valence-electron chi connectivity index (χ4n) is 3.81. The Morgan fingerprint density at radius 2 is 1.50 bits per heavy atom. The fourth-order valence-corrected chi connectivity index (χ4v) is 3.81. The second-order valence-electron chi connectivity index (χ2n) is 7.70. The molecule has 28 heavy (non-hydrogen) atoms. The molecule has 0 radical (unpaired) electrons. The van der Waals surface area contributed by atoms with Gasteiger partial charge in [0.2, 0.25) is 0 Å². The van der Waals surface area contributed by atoms with Crippen LogP contribution in [0, 0.1) is 0 Å². The third-order valence-electron chi connectivity index (χ3n) is 5.42. The van der Waals surface area contributed by atoms with Gasteiger partial charge < -0.3 is 17.3 Å². The van der Waals surface area contributed by atoms with Crippen LogP contribution in [0.1, 0.15) is 44.2 Å². The van der Waals surface area contributed by atoms with Gasteiger partial charge in [-0.25, -0.2) is 4.99 Å². The Kier molecular flexibility index (Phi) is 8.16. The number of hydrogen-bond acceptors (Lipinski definition) is 1. The predicted molar refractivity (Wildman–Crippen MR) is 112 cm³/mol. The molecule has 3 nitrogen and oxygen atoms in total. The maximum atomic E-state index is 12.6. The van der Waals surface area contributed by atoms with Crippen LogP contribution in [0.3, 0.4) is 0 Å². The normalized spacial score (nSPS) is 16.0. The van der Waals surface area contributed by atoms with Gasteiger partial charge in [-0.15, -0.1) is 0 Å². The number of quaternary nitrogens is 1. The van der Waals surface area contributed by atoms with Crippen molar-refractivity contribution < 1.29 is 22.1 Å². The molecule has 1 aliphatic rings. The molecule has 2 aromatic carbocycles. The quantitative estimate of drug-likeness (QED) is 0.581. The van der Waals surface area contributed by atoms with E-state index in [1.165, 1.54) is 24.2 Å². The number of nitrogens with zero attached hydrogens (tertiary/aromatic N) is 1. The summed E-state index contributed by atoms with van der Waals surface area (Å²) in [6, 6.07) is 20.0. The van der Waals surface area contributed by atoms with Gasteiger partial charge in [0.1, 0.15) is 11.3 Å². The highest BCUT2D eigenvalue weighted by Crippen LogP contribution is 2.14. The summed E-state index contributed by atoms with van der Waals surface area (Å²) >= 11 is 0. The number of nitrogens with one attached hydrogen (secondary N) is 1. The zero-order chi connectivity index (χ0) is 19.1. The molecule has 1 fully saturated rings. The van der Waals surface area contributed by atoms with Gasteiger partial charge in [-0.05, 0) is 44.7 Å². The molecule has 4 heteroatoms. The molecule has 1 saturated heterocycles. The monoisotopic (exact) mass is 396 g/mol. The average Bonchev–Trinajstić information content (AvgIpc) is 2.72. The number of carbonyl (C=O) groups excluding carboxylic acids is 1. The largest absolute Gasteiger partial charge is 1.00 e. The van der Waals surface area contributed by atoms with Gasteiger partial charge >= 0.3 is 0 Å². The van der Waals surface area contributed by atoms with Crippen LogP contribution >= 0.6 is 0 Å². The van der Waals surface area contributed by atoms with Gasteiger partial charge in [-0.3, -0.25) is 4.79 Å². The summed E-state index contributed by atoms with van der Waals surface area (Å²) in [5, 5.41) is 0. The first-order chi connectivity index (χ1) is 13.1. The van der Waals surface area contributed by atoms with E-state index in [4.69, 9.17) is 0 Å². The molecule has 1 aliphatic heterocycles. The topological polar surface area (TPSA) is 33.9 Å². The van der Waals surface area contributed by atoms with E-state index in [9.17, 15) is 4.79 Å². The van der Waals surface area contributed by atoms with Gasteiger partial charge in [-0.1, -0.05) is 60.7 Å². The van der Waals surface area contributed by atoms with Gasteiger partial charge in [0.15, 0.2) is 0 Å². The second kappa shape index (κ2) is 10.4. The van der Waals surface area contributed by atoms with Crippen molar-refractivity contribution in [1.29, 1.82) is 0 Å². The number of hydrogen-bond donors (Lipinski definition) is 1. The van der Waals surface area contributed by atoms with Crippen LogP contribution in [0.4, 0.5) is 0 Å². The van der Waals surface area contributed by atoms with E-state index >= 15 is 0 Å². The molecule has 0 atom stereocenters. The van der Waals surface area contributed by atoms with E-state index < -0.39 is 0 Å². The Labute approximate surface area is 174 Å². The second-order valence-corrected chi connectivity index (χ2v) is 7.70. The Hall–Kier alpha value is -2.23. The summed E-state index contributed by atoms with van der Waals surface area (Å²) in [5.74, 6) is -0.206. The minimum absolute atomic E-state index is 0. The van der Waals surface area contributed by atoms with Crippen molar-refractivity contribution in [2.45, 2.75) is 38.6 Å². The first-order valence-electron chi connectivity index (χ1n) is 9.84. The Bertz CT molecular complexity index is 807. The lowest BCUT2D eigenvalue weighted by Crippen LogP contribution is -3.21. The van der Waals surface area contributed by atoms with Crippen LogP contribution in [0.2, 0.25) is 0 Å². The minimum atomic E-state index is -0.210. The first kappa shape index (κ1) is 22.1. The van der Waals surface area contributed by atoms with Gasteiger partial charge in [0, 0.05) is 11.6 Å². The summed E-state index contributed by atoms with van der Waals surface area (Å²) in [4.78, 5) is 18.7. The molecule has 0 spiro atoms. The minimum Gasteiger partial charge on any atom is -1.00 e. The maximum absolute atomic E-state index is 12.6. The van der Waals surface area contributed by atoms with Crippen molar-refractivity contribution >= 4 is 17.7 Å². The molecular formula is C24H29ClN2O. The van der Waals surface area contributed by atoms with E-state index in [0.29, 0.717) is 0 Å². The zero-order valence-corrected chi connectivity index (χ0v) is 17.5. The van der Waals surface area contributed by atoms with Crippen LogP contribution in [0.5, 0.6) is 0 Å². The molecule has 1 heterocycles. The molecular weight excluding hydrogens is 368 g/mol. The van der Waals surface area contributed by atoms with Crippen LogP contribution < -0.4 is 17.3 Å². The number of aliphatic imine (C=N–C) groups is 1. The number of carbonyl (C=O) groups is 1. The van der Waals surface area contributed by atoms with Crippen molar-refractivity contribution in [3.05, 3.63) is 77.9 Å². The molecule has 148 valence electrons. The molecule has 0 saturated carbocycles. The number of piperidine rings is 1. The zero-order valence-electron chi connectivity index (χ0n) is 16.7. The van der Waals surface area contributed by atoms with E-state index in [0.717, 1.165) is 29.9 Å². The highest BCUT2D eigenvalue weighted by molar-refractivity contribution is 6.13. The highest BCUT2D eigenvalue weighted by atomic mass is 35.5. The molecule has 1 N–H and O–H groups in total. The van der Waals surface area contributed by atoms with Crippen LogP contribution in [0.15, 0.2) is 71.7 Å². The van der Waals surface area contributed by atoms with Crippen LogP contribution in [0.25, 0.3) is 6.08 Å². The van der Waals surface area contributed by atoms with Crippen molar-refractivity contribution in [3.63, 3.8) is 0 Å². The molecule has 3 rings (SSSR count). The Morgan fingerprint density at radius 1 is 0.929 bits per heavy atom. The number of amides is 1. The maximum Gasteiger partial charge on any atom is 0.270 e. The molecule has 2 aromatic rings. The molecule has 1 amide bonds. The number of rotatable bonds is 5. The fraction of sp³-hybridized carbons (Fsp3) is 0.333. The van der Waals surface area contributed by atoms with Crippen molar-refractivity contribution in [1.82, 2.24) is 0 Å². The number of halogens is 1. The van der Waals surface area contributed by atoms with Crippen molar-refractivity contribution in [2.75, 3.05) is 13.1 Å². The Balaban J connectivity index is 0.00000280. The molecule has 0 aromatic heterocycles. The lowest BCUT2D eigenvalue weighted by Gasteiger charge is -2.38. The molecule has 0 unspecified atom stereocenters. The summed E-state index contributed by atoms with van der Waals surface area (Å²) < 4.78 is 0. The summed E-state index contributed by atoms with van der Waals surface area (Å²) in [5.41, 5.74) is 2.70. The highest BCUT2D eigenvalue weighted by Gasteiger charge is 2.38. The van der Waals surface area contributed by atoms with Crippen LogP contribution in [-0.4, -0.2) is 30.2 Å². The third-order valence-corrected chi connectivity index (χ3v) is 5.42. The lowest BCUT2D eigenvalue weighted by molar-refractivity contribution is -0.941. The summed E-state index contributed by atoms with van der Waals surface area (Å²) in [6.45, 7) is 6.70. The van der Waals surface area contributed by atoms with Crippen molar-refractivity contribution in [2.24, 2.45) is 4.99 Å². The molecule has 0 bridgehead atoms. The standard InChI is InChI=1S/C24H28N2O.ClH/c1-24(2,26-18-10-5-11-19-26)23(21-14-8-4-9-15-21)25-22(27)17-16-20-12-6-3-7-13-20;/h3-4,6-9,12-17H,5,10-11,18-19H2,1-2H3;1H/b17-16+,25-23?;. The smallest absolute Gasteiger partial charge is 0.270 e. The van der Waals surface area contributed by atoms with Crippen LogP contribution in [-0.2, 0) is 4.79 Å². The van der Waals surface area contributed by atoms with Gasteiger partial charge in [0.05, 0.1) is 13.1 Å². The summed E-state index contributed by atoms with van der Waals surface area (Å²) in [6.07, 6.45) is 7.18. The van der Waals surface area contributed by atoms with Crippen molar-refractivity contribution in [3.8, 4) is 0 Å². The number of likely N-dealkylation sites (tertiary alicyclic amines) is 1. The average molecular weight is 397 g/mol. The number of benzene rings is 2. The predicted octanol–water partition coefficient (Wildman–Crippen LogP) is 0.567.